The second-order valence-electron chi connectivity index (χ2n) is 16.5. The van der Waals surface area contributed by atoms with E-state index >= 15 is 0 Å². The molecule has 7 rings (SSSR count). The van der Waals surface area contributed by atoms with Gasteiger partial charge in [0.2, 0.25) is 0 Å². The number of para-hydroxylation sites is 2. The number of nitrogens with one attached hydrogen (secondary N) is 3. The summed E-state index contributed by atoms with van der Waals surface area (Å²) in [5.41, 5.74) is 4.43. The second-order valence-corrected chi connectivity index (χ2v) is 16.9. The lowest BCUT2D eigenvalue weighted by Crippen LogP contribution is -2.34. The SMILES string of the molecule is O=C(O)COc1cc(-c2cc3ccc(C(=O)O)cc3[nH]2)ccc1N(CC(=O)O)CC(=O)O.O=COCN(COC=O)c1ccccc1OCCOc1cc(-c2cc3ccc(C(=O)O)cc3[nH]2)ccc1N(CC(=O)O)CC(=O)O.[2H]N([O-])I. The number of aromatic amines is 2. The van der Waals surface area contributed by atoms with E-state index in [0.29, 0.717) is 45.0 Å². The van der Waals surface area contributed by atoms with Crippen molar-refractivity contribution in [3.63, 3.8) is 0 Å². The Morgan fingerprint density at radius 1 is 0.519 bits per heavy atom. The van der Waals surface area contributed by atoms with Gasteiger partial charge in [0.25, 0.3) is 12.9 Å². The number of nitrogens with zero attached hydrogens (tertiary/aromatic N) is 3. The third-order valence-electron chi connectivity index (χ3n) is 11.0. The largest absolute Gasteiger partial charge is 0.779 e. The Bertz CT molecular complexity index is 3400. The zero-order valence-electron chi connectivity index (χ0n) is 42.8. The fraction of sp³-hybridized carbons (Fsp3) is 0.173. The van der Waals surface area contributed by atoms with Gasteiger partial charge in [-0.3, -0.25) is 28.8 Å². The number of ether oxygens (including phenoxy) is 5. The monoisotopic (exact) mass is 1240 g/mol. The molecule has 10 N–H and O–H groups in total. The molecule has 0 bridgehead atoms. The minimum atomic E-state index is -1.27. The highest BCUT2D eigenvalue weighted by Crippen LogP contribution is 2.37. The maximum atomic E-state index is 11.6. The van der Waals surface area contributed by atoms with Crippen LogP contribution in [-0.4, -0.2) is 160 Å². The number of fused-ring (bicyclic) bond motifs is 2. The van der Waals surface area contributed by atoms with E-state index in [9.17, 15) is 58.5 Å². The number of halogens is 1. The van der Waals surface area contributed by atoms with Crippen molar-refractivity contribution in [1.82, 2.24) is 13.7 Å². The number of carboxylic acid groups (broad SMARTS) is 7. The number of carboxylic acids is 7. The fourth-order valence-corrected chi connectivity index (χ4v) is 7.75. The summed E-state index contributed by atoms with van der Waals surface area (Å²) in [4.78, 5) is 110. The Balaban J connectivity index is 0.000000298. The van der Waals surface area contributed by atoms with Crippen LogP contribution in [0.3, 0.4) is 0 Å². The van der Waals surface area contributed by atoms with Crippen molar-refractivity contribution < 1.29 is 104 Å². The molecule has 0 saturated carbocycles. The van der Waals surface area contributed by atoms with E-state index in [-0.39, 0.29) is 77.3 Å². The van der Waals surface area contributed by atoms with E-state index in [2.05, 4.69) is 9.97 Å². The molecule has 0 atom stereocenters. The summed E-state index contributed by atoms with van der Waals surface area (Å²) in [6.07, 6.45) is 0. The summed E-state index contributed by atoms with van der Waals surface area (Å²) in [7, 11) is 0. The van der Waals surface area contributed by atoms with E-state index in [4.69, 9.17) is 50.7 Å². The van der Waals surface area contributed by atoms with Gasteiger partial charge in [-0.15, -0.1) is 0 Å². The number of hydrogen-bond donors (Lipinski definition) is 10. The van der Waals surface area contributed by atoms with Crippen LogP contribution in [0, 0.1) is 5.21 Å². The van der Waals surface area contributed by atoms with Gasteiger partial charge in [0.05, 0.1) is 28.2 Å². The summed E-state index contributed by atoms with van der Waals surface area (Å²) in [5.74, 6) is -7.96. The average molecular weight is 1240 g/mol. The van der Waals surface area contributed by atoms with Crippen LogP contribution < -0.4 is 32.6 Å². The highest BCUT2D eigenvalue weighted by molar-refractivity contribution is 14.1. The summed E-state index contributed by atoms with van der Waals surface area (Å²) < 4.78 is 32.7. The smallest absolute Gasteiger partial charge is 0.341 e. The third kappa shape index (κ3) is 18.2. The topological polar surface area (TPSA) is 418 Å². The molecule has 29 heteroatoms. The number of aromatic carboxylic acids is 2. The highest BCUT2D eigenvalue weighted by Gasteiger charge is 2.23. The van der Waals surface area contributed by atoms with Gasteiger partial charge >= 0.3 is 41.8 Å². The van der Waals surface area contributed by atoms with E-state index < -0.39 is 74.6 Å². The number of carbonyl (C=O) groups is 9. The van der Waals surface area contributed by atoms with Gasteiger partial charge in [-0.2, -0.15) is 0 Å². The Labute approximate surface area is 471 Å². The minimum Gasteiger partial charge on any atom is -0.779 e. The average Bonchev–Trinajstić information content (AvgIpc) is 4.27. The molecule has 426 valence electrons. The molecule has 0 unspecified atom stereocenters. The summed E-state index contributed by atoms with van der Waals surface area (Å²) in [6, 6.07) is 28.8. The molecule has 0 fully saturated rings. The number of benzene rings is 5. The van der Waals surface area contributed by atoms with Gasteiger partial charge < -0.3 is 93.0 Å². The molecular formula is C52H48IN6O22-. The maximum Gasteiger partial charge on any atom is 0.341 e. The Kier molecular flexibility index (Phi) is 22.4. The molecule has 28 nitrogen and oxygen atoms in total. The number of H-pyrrole nitrogens is 2. The predicted molar refractivity (Wildman–Crippen MR) is 294 cm³/mol. The van der Waals surface area contributed by atoms with Gasteiger partial charge in [-0.05, 0) is 72.8 Å². The van der Waals surface area contributed by atoms with Gasteiger partial charge in [0.1, 0.15) is 58.1 Å². The van der Waals surface area contributed by atoms with Gasteiger partial charge in [0, 0.05) is 67.2 Å². The Morgan fingerprint density at radius 3 is 1.31 bits per heavy atom. The van der Waals surface area contributed by atoms with Crippen LogP contribution in [0.1, 0.15) is 20.7 Å². The summed E-state index contributed by atoms with van der Waals surface area (Å²) >= 11 is 1.29. The molecule has 2 heterocycles. The molecule has 0 spiro atoms. The predicted octanol–water partition coefficient (Wildman–Crippen LogP) is 5.43. The number of anilines is 3. The lowest BCUT2D eigenvalue weighted by Gasteiger charge is -2.25. The first-order chi connectivity index (χ1) is 39.1. The van der Waals surface area contributed by atoms with Crippen LogP contribution in [0.2, 0.25) is 1.41 Å². The van der Waals surface area contributed by atoms with Crippen molar-refractivity contribution in [3.8, 4) is 39.8 Å². The van der Waals surface area contributed by atoms with Crippen molar-refractivity contribution in [2.75, 3.05) is 74.2 Å². The fourth-order valence-electron chi connectivity index (χ4n) is 7.75. The molecule has 0 radical (unpaired) electrons. The number of rotatable bonds is 29. The van der Waals surface area contributed by atoms with Gasteiger partial charge in [-0.1, -0.05) is 36.4 Å². The van der Waals surface area contributed by atoms with Crippen LogP contribution in [0.5, 0.6) is 17.2 Å². The van der Waals surface area contributed by atoms with Crippen molar-refractivity contribution in [3.05, 3.63) is 126 Å². The molecule has 0 saturated heterocycles. The molecule has 0 aliphatic rings. The molecule has 5 aromatic carbocycles. The zero-order chi connectivity index (χ0) is 60.0. The molecule has 2 aromatic heterocycles. The second kappa shape index (κ2) is 30.1. The van der Waals surface area contributed by atoms with E-state index in [1.54, 1.807) is 72.8 Å². The van der Waals surface area contributed by atoms with Crippen LogP contribution in [0.15, 0.2) is 109 Å². The summed E-state index contributed by atoms with van der Waals surface area (Å²) in [6.45, 7) is -3.27. The number of aromatic nitrogens is 2. The first-order valence-corrected chi connectivity index (χ1v) is 24.1. The van der Waals surface area contributed by atoms with Crippen LogP contribution in [0.4, 0.5) is 17.1 Å². The first kappa shape index (κ1) is 60.1. The number of carbonyl (C=O) groups excluding carboxylic acids is 2. The normalized spacial score (nSPS) is 10.6. The van der Waals surface area contributed by atoms with Crippen molar-refractivity contribution in [2.24, 2.45) is 0 Å². The zero-order valence-corrected chi connectivity index (χ0v) is 44.0. The molecule has 81 heavy (non-hydrogen) atoms. The number of aliphatic carboxylic acids is 5. The van der Waals surface area contributed by atoms with Gasteiger partial charge in [0.15, 0.2) is 20.1 Å². The van der Waals surface area contributed by atoms with Gasteiger partial charge in [-0.25, -0.2) is 14.4 Å². The van der Waals surface area contributed by atoms with E-state index in [1.807, 2.05) is 0 Å². The Hall–Kier alpha value is -10.1. The van der Waals surface area contributed by atoms with Crippen molar-refractivity contribution >= 4 is 116 Å². The maximum absolute atomic E-state index is 11.6. The summed E-state index contributed by atoms with van der Waals surface area (Å²) in [5, 5.41) is 75.1. The minimum absolute atomic E-state index is 0.0164. The molecular weight excluding hydrogens is 1190 g/mol. The Morgan fingerprint density at radius 2 is 0.914 bits per heavy atom. The molecule has 0 aliphatic heterocycles. The van der Waals surface area contributed by atoms with E-state index in [0.717, 1.165) is 20.6 Å². The molecule has 0 aliphatic carbocycles. The van der Waals surface area contributed by atoms with Crippen molar-refractivity contribution in [1.29, 1.82) is 0 Å². The number of hydrogen-bond acceptors (Lipinski definition) is 19. The van der Waals surface area contributed by atoms with Crippen molar-refractivity contribution in [2.45, 2.75) is 0 Å². The lowest BCUT2D eigenvalue weighted by atomic mass is 10.1. The first-order valence-electron chi connectivity index (χ1n) is 23.6. The van der Waals surface area contributed by atoms with Crippen LogP contribution in [0.25, 0.3) is 44.3 Å². The lowest BCUT2D eigenvalue weighted by molar-refractivity contribution is -0.140. The quantitative estimate of drug-likeness (QED) is 0.00697. The molecule has 0 amide bonds. The van der Waals surface area contributed by atoms with Crippen LogP contribution >= 0.6 is 22.9 Å². The standard InChI is InChI=1S/C31H29N3O12.C21H18N2O9.HINO/c35-18-43-16-34(17-44-19-36)25-3-1-2-4-27(25)45-9-10-46-28-13-21(7-8-26(28)33(14-29(37)38)15-30(39)40)23-11-20-5-6-22(31(41)42)12-24(20)32-23;24-18(25)8-23(9-19(26)27)16-4-3-12(7-17(16)32-10-20(28)29)14-5-11-1-2-13(21(30)31)6-15(11)22-14;1-2-3/h1-8,11-13,18-19,32H,9-10,14-17H2,(H,37,38)(H,39,40)(H,41,42);1-7,22H,8-10H2,(H,24,25)(H,26,27)(H,28,29)(H,30,31);2H/q;;-1/i/hD. The third-order valence-corrected chi connectivity index (χ3v) is 11.0. The molecule has 7 aromatic rings. The highest BCUT2D eigenvalue weighted by atomic mass is 127. The van der Waals surface area contributed by atoms with Crippen LogP contribution in [-0.2, 0) is 43.0 Å². The van der Waals surface area contributed by atoms with E-state index in [1.165, 1.54) is 64.2 Å².